The van der Waals surface area contributed by atoms with Crippen LogP contribution in [0.1, 0.15) is 5.56 Å². The maximum absolute atomic E-state index is 4.09. The van der Waals surface area contributed by atoms with Gasteiger partial charge in [0.05, 0.1) is 0 Å². The highest BCUT2D eigenvalue weighted by Gasteiger charge is 2.08. The highest BCUT2D eigenvalue weighted by atomic mass is 15.3. The van der Waals surface area contributed by atoms with Gasteiger partial charge in [0.2, 0.25) is 0 Å². The van der Waals surface area contributed by atoms with Crippen molar-refractivity contribution in [2.24, 2.45) is 0 Å². The maximum atomic E-state index is 4.09. The third kappa shape index (κ3) is 1.13. The Morgan fingerprint density at radius 3 is 2.80 bits per heavy atom. The van der Waals surface area contributed by atoms with Crippen LogP contribution in [0.25, 0.3) is 21.9 Å². The predicted octanol–water partition coefficient (Wildman–Crippen LogP) is 1.28. The fourth-order valence-corrected chi connectivity index (χ4v) is 1.65. The zero-order chi connectivity index (χ0) is 10.3. The molecular weight excluding hydrogens is 190 g/mol. The molecule has 0 fully saturated rings. The van der Waals surface area contributed by atoms with Gasteiger partial charge >= 0.3 is 0 Å². The first-order valence-corrected chi connectivity index (χ1v) is 4.56. The molecule has 0 bridgehead atoms. The quantitative estimate of drug-likeness (QED) is 0.543. The van der Waals surface area contributed by atoms with Gasteiger partial charge in [0.25, 0.3) is 0 Å². The number of hydrogen-bond donors (Lipinski definition) is 0. The van der Waals surface area contributed by atoms with Gasteiger partial charge in [-0.25, -0.2) is 0 Å². The van der Waals surface area contributed by atoms with E-state index in [1.165, 1.54) is 0 Å². The molecule has 3 rings (SSSR count). The predicted molar refractivity (Wildman–Crippen MR) is 55.2 cm³/mol. The second kappa shape index (κ2) is 2.91. The highest BCUT2D eigenvalue weighted by Crippen LogP contribution is 2.21. The molecule has 0 aliphatic heterocycles. The molecule has 0 spiro atoms. The summed E-state index contributed by atoms with van der Waals surface area (Å²) >= 11 is 0. The van der Waals surface area contributed by atoms with Crippen molar-refractivity contribution >= 4 is 21.9 Å². The lowest BCUT2D eigenvalue weighted by Crippen LogP contribution is -1.82. The summed E-state index contributed by atoms with van der Waals surface area (Å²) in [7, 11) is 0. The van der Waals surface area contributed by atoms with E-state index in [9.17, 15) is 0 Å². The highest BCUT2D eigenvalue weighted by molar-refractivity contribution is 6.02. The number of nitrogens with zero attached hydrogens (tertiary/aromatic N) is 5. The second-order valence-corrected chi connectivity index (χ2v) is 3.34. The van der Waals surface area contributed by atoms with Crippen LogP contribution < -0.4 is 0 Å². The topological polar surface area (TPSA) is 64.5 Å². The number of fused-ring (bicyclic) bond motifs is 3. The van der Waals surface area contributed by atoms with Gasteiger partial charge in [-0.15, -0.1) is 15.3 Å². The molecule has 0 saturated carbocycles. The Morgan fingerprint density at radius 2 is 1.87 bits per heavy atom. The van der Waals surface area contributed by atoms with E-state index >= 15 is 0 Å². The van der Waals surface area contributed by atoms with E-state index in [1.54, 1.807) is 6.20 Å². The van der Waals surface area contributed by atoms with Crippen molar-refractivity contribution in [2.45, 2.75) is 6.92 Å². The Bertz CT molecular complexity index is 649. The SMILES string of the molecule is Cc1cc2cccnnc2c2nnnc12. The normalized spacial score (nSPS) is 11.0. The van der Waals surface area contributed by atoms with Crippen molar-refractivity contribution in [3.8, 4) is 0 Å². The molecule has 0 unspecified atom stereocenters. The monoisotopic (exact) mass is 197 g/mol. The van der Waals surface area contributed by atoms with Crippen LogP contribution in [-0.4, -0.2) is 25.6 Å². The molecule has 5 nitrogen and oxygen atoms in total. The first-order chi connectivity index (χ1) is 7.36. The first kappa shape index (κ1) is 8.16. The summed E-state index contributed by atoms with van der Waals surface area (Å²) in [6.07, 6.45) is 1.64. The first-order valence-electron chi connectivity index (χ1n) is 4.56. The van der Waals surface area contributed by atoms with Gasteiger partial charge in [0.1, 0.15) is 16.6 Å². The van der Waals surface area contributed by atoms with Crippen LogP contribution >= 0.6 is 0 Å². The summed E-state index contributed by atoms with van der Waals surface area (Å²) in [5, 5.41) is 20.6. The fourth-order valence-electron chi connectivity index (χ4n) is 1.65. The lowest BCUT2D eigenvalue weighted by atomic mass is 10.1. The molecule has 15 heavy (non-hydrogen) atoms. The van der Waals surface area contributed by atoms with Gasteiger partial charge in [-0.3, -0.25) is 0 Å². The Morgan fingerprint density at radius 1 is 1.00 bits per heavy atom. The second-order valence-electron chi connectivity index (χ2n) is 3.34. The van der Waals surface area contributed by atoms with Crippen LogP contribution in [0.4, 0.5) is 0 Å². The lowest BCUT2D eigenvalue weighted by Gasteiger charge is -1.95. The number of aryl methyl sites for hydroxylation is 1. The van der Waals surface area contributed by atoms with E-state index in [0.717, 1.165) is 22.0 Å². The Balaban J connectivity index is 2.66. The summed E-state index contributed by atoms with van der Waals surface area (Å²) in [6.45, 7) is 1.98. The molecule has 72 valence electrons. The standard InChI is InChI=1S/C10H7N5/c1-6-5-7-3-2-4-11-12-9(7)10-8(6)13-15-14-10/h2-5H,1H3. The van der Waals surface area contributed by atoms with Crippen molar-refractivity contribution in [1.29, 1.82) is 0 Å². The van der Waals surface area contributed by atoms with Gasteiger partial charge < -0.3 is 0 Å². The van der Waals surface area contributed by atoms with E-state index < -0.39 is 0 Å². The van der Waals surface area contributed by atoms with Crippen LogP contribution in [0, 0.1) is 6.92 Å². The van der Waals surface area contributed by atoms with Crippen molar-refractivity contribution < 1.29 is 0 Å². The lowest BCUT2D eigenvalue weighted by molar-refractivity contribution is 0.958. The summed E-state index contributed by atoms with van der Waals surface area (Å²) in [5.41, 5.74) is 3.30. The smallest absolute Gasteiger partial charge is 0.143 e. The van der Waals surface area contributed by atoms with E-state index in [0.29, 0.717) is 5.52 Å². The van der Waals surface area contributed by atoms with E-state index in [4.69, 9.17) is 0 Å². The largest absolute Gasteiger partial charge is 0.158 e. The molecule has 2 aromatic heterocycles. The van der Waals surface area contributed by atoms with Crippen LogP contribution in [-0.2, 0) is 0 Å². The number of aromatic nitrogens is 5. The number of benzene rings is 1. The van der Waals surface area contributed by atoms with Crippen LogP contribution in [0.15, 0.2) is 24.4 Å². The minimum atomic E-state index is 0.716. The summed E-state index contributed by atoms with van der Waals surface area (Å²) in [5.74, 6) is 0. The molecule has 0 atom stereocenters. The number of hydrogen-bond acceptors (Lipinski definition) is 5. The summed E-state index contributed by atoms with van der Waals surface area (Å²) in [4.78, 5) is 0. The van der Waals surface area contributed by atoms with Crippen LogP contribution in [0.3, 0.4) is 0 Å². The summed E-state index contributed by atoms with van der Waals surface area (Å²) in [6, 6.07) is 5.82. The number of rotatable bonds is 0. The average molecular weight is 197 g/mol. The Labute approximate surface area is 85.2 Å². The van der Waals surface area contributed by atoms with Gasteiger partial charge in [-0.2, -0.15) is 5.10 Å². The Kier molecular flexibility index (Phi) is 1.58. The van der Waals surface area contributed by atoms with Crippen LogP contribution in [0.5, 0.6) is 0 Å². The molecule has 5 heteroatoms. The molecule has 0 saturated heterocycles. The van der Waals surface area contributed by atoms with Crippen molar-refractivity contribution in [1.82, 2.24) is 25.6 Å². The van der Waals surface area contributed by atoms with Crippen molar-refractivity contribution in [3.05, 3.63) is 30.0 Å². The zero-order valence-corrected chi connectivity index (χ0v) is 8.05. The van der Waals surface area contributed by atoms with Crippen molar-refractivity contribution in [2.75, 3.05) is 0 Å². The molecule has 1 aromatic carbocycles. The Hall–Kier alpha value is -2.17. The summed E-state index contributed by atoms with van der Waals surface area (Å²) < 4.78 is 0. The van der Waals surface area contributed by atoms with Crippen LogP contribution in [0.2, 0.25) is 0 Å². The minimum absolute atomic E-state index is 0.716. The fraction of sp³-hybridized carbons (Fsp3) is 0.100. The molecule has 0 aliphatic rings. The van der Waals surface area contributed by atoms with Gasteiger partial charge in [0.15, 0.2) is 0 Å². The average Bonchev–Trinajstić information content (AvgIpc) is 2.60. The molecular formula is C10H7N5. The molecule has 0 amide bonds. The van der Waals surface area contributed by atoms with E-state index in [1.807, 2.05) is 25.1 Å². The molecule has 0 radical (unpaired) electrons. The van der Waals surface area contributed by atoms with Gasteiger partial charge in [-0.05, 0) is 29.8 Å². The third-order valence-corrected chi connectivity index (χ3v) is 2.34. The molecule has 0 N–H and O–H groups in total. The zero-order valence-electron chi connectivity index (χ0n) is 8.05. The maximum Gasteiger partial charge on any atom is 0.143 e. The van der Waals surface area contributed by atoms with Crippen molar-refractivity contribution in [3.63, 3.8) is 0 Å². The molecule has 0 aliphatic carbocycles. The third-order valence-electron chi connectivity index (χ3n) is 2.34. The van der Waals surface area contributed by atoms with E-state index in [2.05, 4.69) is 25.6 Å². The van der Waals surface area contributed by atoms with Gasteiger partial charge in [-0.1, -0.05) is 6.07 Å². The molecule has 2 heterocycles. The minimum Gasteiger partial charge on any atom is -0.158 e. The molecule has 3 aromatic rings. The van der Waals surface area contributed by atoms with E-state index in [-0.39, 0.29) is 0 Å². The van der Waals surface area contributed by atoms with Gasteiger partial charge in [0, 0.05) is 11.6 Å².